The fraction of sp³-hybridized carbons (Fsp3) is 0.538. The van der Waals surface area contributed by atoms with Crippen LogP contribution < -0.4 is 11.1 Å². The molecule has 1 aliphatic rings. The van der Waals surface area contributed by atoms with Gasteiger partial charge in [0.1, 0.15) is 6.07 Å². The van der Waals surface area contributed by atoms with Crippen molar-refractivity contribution in [3.05, 3.63) is 17.8 Å². The number of hydrogen-bond donors (Lipinski definition) is 2. The summed E-state index contributed by atoms with van der Waals surface area (Å²) < 4.78 is 5.40. The van der Waals surface area contributed by atoms with Gasteiger partial charge in [0.15, 0.2) is 5.82 Å². The smallest absolute Gasteiger partial charge is 0.150 e. The van der Waals surface area contributed by atoms with Gasteiger partial charge in [-0.3, -0.25) is 0 Å². The van der Waals surface area contributed by atoms with E-state index in [2.05, 4.69) is 30.2 Å². The van der Waals surface area contributed by atoms with Gasteiger partial charge in [0, 0.05) is 24.8 Å². The third-order valence-corrected chi connectivity index (χ3v) is 3.88. The standard InChI is InChI=1S/C13H18N4O/c1-13(2)9(6-10(13)18-3)17-12-11(15)8(7-14)4-5-16-12/h4-5,9-10H,6,15H2,1-3H3,(H,16,17). The van der Waals surface area contributed by atoms with Gasteiger partial charge in [-0.15, -0.1) is 0 Å². The number of nitriles is 1. The third kappa shape index (κ3) is 1.89. The Balaban J connectivity index is 2.15. The highest BCUT2D eigenvalue weighted by Gasteiger charge is 2.48. The number of nitrogens with zero attached hydrogens (tertiary/aromatic N) is 2. The van der Waals surface area contributed by atoms with Crippen LogP contribution in [-0.4, -0.2) is 24.2 Å². The Labute approximate surface area is 107 Å². The van der Waals surface area contributed by atoms with Crippen molar-refractivity contribution < 1.29 is 4.74 Å². The molecule has 0 radical (unpaired) electrons. The molecule has 3 N–H and O–H groups in total. The molecule has 0 spiro atoms. The molecule has 1 aromatic heterocycles. The number of pyridine rings is 1. The van der Waals surface area contributed by atoms with Gasteiger partial charge in [-0.2, -0.15) is 5.26 Å². The van der Waals surface area contributed by atoms with E-state index in [0.29, 0.717) is 17.1 Å². The highest BCUT2D eigenvalue weighted by Crippen LogP contribution is 2.44. The second-order valence-electron chi connectivity index (χ2n) is 5.21. The second kappa shape index (κ2) is 4.46. The lowest BCUT2D eigenvalue weighted by atomic mass is 9.64. The van der Waals surface area contributed by atoms with Crippen molar-refractivity contribution in [3.8, 4) is 6.07 Å². The molecular weight excluding hydrogens is 228 g/mol. The zero-order valence-corrected chi connectivity index (χ0v) is 10.9. The van der Waals surface area contributed by atoms with Crippen LogP contribution in [0.2, 0.25) is 0 Å². The Kier molecular flexibility index (Phi) is 3.14. The minimum Gasteiger partial charge on any atom is -0.395 e. The van der Waals surface area contributed by atoms with Crippen molar-refractivity contribution in [1.29, 1.82) is 5.26 Å². The van der Waals surface area contributed by atoms with Crippen LogP contribution in [0, 0.1) is 16.7 Å². The molecule has 1 aromatic rings. The fourth-order valence-electron chi connectivity index (χ4n) is 2.38. The largest absolute Gasteiger partial charge is 0.395 e. The second-order valence-corrected chi connectivity index (χ2v) is 5.21. The number of rotatable bonds is 3. The van der Waals surface area contributed by atoms with Gasteiger partial charge in [-0.1, -0.05) is 13.8 Å². The zero-order valence-electron chi connectivity index (χ0n) is 10.9. The van der Waals surface area contributed by atoms with Crippen LogP contribution in [0.4, 0.5) is 11.5 Å². The molecule has 0 amide bonds. The predicted molar refractivity (Wildman–Crippen MR) is 70.0 cm³/mol. The number of methoxy groups -OCH3 is 1. The number of hydrogen-bond acceptors (Lipinski definition) is 5. The summed E-state index contributed by atoms with van der Waals surface area (Å²) in [5.41, 5.74) is 6.80. The number of ether oxygens (including phenoxy) is 1. The molecule has 2 rings (SSSR count). The van der Waals surface area contributed by atoms with Gasteiger partial charge in [-0.25, -0.2) is 4.98 Å². The Hall–Kier alpha value is -1.80. The Morgan fingerprint density at radius 3 is 2.89 bits per heavy atom. The molecule has 5 heteroatoms. The van der Waals surface area contributed by atoms with Crippen molar-refractivity contribution in [2.24, 2.45) is 5.41 Å². The molecule has 2 atom stereocenters. The van der Waals surface area contributed by atoms with E-state index >= 15 is 0 Å². The van der Waals surface area contributed by atoms with Crippen molar-refractivity contribution in [2.45, 2.75) is 32.4 Å². The summed E-state index contributed by atoms with van der Waals surface area (Å²) in [6.45, 7) is 4.29. The van der Waals surface area contributed by atoms with Crippen LogP contribution in [-0.2, 0) is 4.74 Å². The van der Waals surface area contributed by atoms with Crippen molar-refractivity contribution >= 4 is 11.5 Å². The van der Waals surface area contributed by atoms with Crippen LogP contribution in [0.15, 0.2) is 12.3 Å². The van der Waals surface area contributed by atoms with Gasteiger partial charge in [-0.05, 0) is 12.5 Å². The van der Waals surface area contributed by atoms with Crippen LogP contribution in [0.25, 0.3) is 0 Å². The predicted octanol–water partition coefficient (Wildman–Crippen LogP) is 1.76. The average molecular weight is 246 g/mol. The maximum atomic E-state index is 8.93. The minimum absolute atomic E-state index is 0.0333. The van der Waals surface area contributed by atoms with Gasteiger partial charge in [0.2, 0.25) is 0 Å². The first-order valence-corrected chi connectivity index (χ1v) is 5.94. The Morgan fingerprint density at radius 1 is 1.61 bits per heavy atom. The molecular formula is C13H18N4O. The van der Waals surface area contributed by atoms with Gasteiger partial charge in [0.25, 0.3) is 0 Å². The number of nitrogens with two attached hydrogens (primary N) is 1. The molecule has 1 heterocycles. The molecule has 18 heavy (non-hydrogen) atoms. The zero-order chi connectivity index (χ0) is 13.3. The van der Waals surface area contributed by atoms with E-state index in [9.17, 15) is 0 Å². The van der Waals surface area contributed by atoms with E-state index in [0.717, 1.165) is 6.42 Å². The van der Waals surface area contributed by atoms with E-state index in [1.165, 1.54) is 0 Å². The van der Waals surface area contributed by atoms with Crippen LogP contribution >= 0.6 is 0 Å². The average Bonchev–Trinajstić information content (AvgIpc) is 2.35. The molecule has 0 bridgehead atoms. The molecule has 1 aliphatic carbocycles. The molecule has 0 aromatic carbocycles. The first-order chi connectivity index (χ1) is 8.50. The number of aromatic nitrogens is 1. The summed E-state index contributed by atoms with van der Waals surface area (Å²) in [6.07, 6.45) is 2.76. The summed E-state index contributed by atoms with van der Waals surface area (Å²) in [4.78, 5) is 4.20. The highest BCUT2D eigenvalue weighted by molar-refractivity contribution is 5.69. The Bertz CT molecular complexity index is 492. The first kappa shape index (κ1) is 12.7. The Morgan fingerprint density at radius 2 is 2.33 bits per heavy atom. The maximum absolute atomic E-state index is 8.93. The van der Waals surface area contributed by atoms with E-state index in [1.807, 2.05) is 0 Å². The normalized spacial score (nSPS) is 25.0. The molecule has 1 fully saturated rings. The molecule has 5 nitrogen and oxygen atoms in total. The van der Waals surface area contributed by atoms with Crippen LogP contribution in [0.3, 0.4) is 0 Å². The number of anilines is 2. The topological polar surface area (TPSA) is 84.0 Å². The summed E-state index contributed by atoms with van der Waals surface area (Å²) >= 11 is 0. The molecule has 1 saturated carbocycles. The van der Waals surface area contributed by atoms with Crippen molar-refractivity contribution in [3.63, 3.8) is 0 Å². The lowest BCUT2D eigenvalue weighted by molar-refractivity contribution is -0.0795. The van der Waals surface area contributed by atoms with E-state index in [4.69, 9.17) is 15.7 Å². The van der Waals surface area contributed by atoms with Gasteiger partial charge < -0.3 is 15.8 Å². The summed E-state index contributed by atoms with van der Waals surface area (Å²) in [6, 6.07) is 3.93. The van der Waals surface area contributed by atoms with Gasteiger partial charge in [0.05, 0.1) is 17.4 Å². The SMILES string of the molecule is COC1CC(Nc2nccc(C#N)c2N)C1(C)C. The summed E-state index contributed by atoms with van der Waals surface area (Å²) in [5, 5.41) is 12.2. The first-order valence-electron chi connectivity index (χ1n) is 5.94. The lowest BCUT2D eigenvalue weighted by Gasteiger charge is -2.51. The van der Waals surface area contributed by atoms with E-state index in [1.54, 1.807) is 19.4 Å². The molecule has 96 valence electrons. The molecule has 0 saturated heterocycles. The van der Waals surface area contributed by atoms with Crippen molar-refractivity contribution in [2.75, 3.05) is 18.2 Å². The quantitative estimate of drug-likeness (QED) is 0.849. The number of nitrogen functional groups attached to an aromatic ring is 1. The van der Waals surface area contributed by atoms with E-state index < -0.39 is 0 Å². The lowest BCUT2D eigenvalue weighted by Crippen LogP contribution is -2.57. The van der Waals surface area contributed by atoms with Crippen LogP contribution in [0.5, 0.6) is 0 Å². The monoisotopic (exact) mass is 246 g/mol. The summed E-state index contributed by atoms with van der Waals surface area (Å²) in [5.74, 6) is 0.585. The third-order valence-electron chi connectivity index (χ3n) is 3.88. The molecule has 2 unspecified atom stereocenters. The highest BCUT2D eigenvalue weighted by atomic mass is 16.5. The maximum Gasteiger partial charge on any atom is 0.150 e. The van der Waals surface area contributed by atoms with Gasteiger partial charge >= 0.3 is 0 Å². The van der Waals surface area contributed by atoms with Crippen molar-refractivity contribution in [1.82, 2.24) is 4.98 Å². The fourth-order valence-corrected chi connectivity index (χ4v) is 2.38. The van der Waals surface area contributed by atoms with E-state index in [-0.39, 0.29) is 17.6 Å². The summed E-state index contributed by atoms with van der Waals surface area (Å²) in [7, 11) is 1.73. The number of nitrogens with one attached hydrogen (secondary N) is 1. The minimum atomic E-state index is 0.0333. The molecule has 0 aliphatic heterocycles. The van der Waals surface area contributed by atoms with Crippen LogP contribution in [0.1, 0.15) is 25.8 Å².